The lowest BCUT2D eigenvalue weighted by Crippen LogP contribution is -2.09. The molecule has 0 fully saturated rings. The van der Waals surface area contributed by atoms with Crippen molar-refractivity contribution < 1.29 is 9.47 Å². The molecule has 0 aliphatic heterocycles. The molecule has 0 unspecified atom stereocenters. The van der Waals surface area contributed by atoms with Crippen LogP contribution < -0.4 is 15.2 Å². The van der Waals surface area contributed by atoms with Gasteiger partial charge in [-0.25, -0.2) is 0 Å². The zero-order chi connectivity index (χ0) is 13.0. The Morgan fingerprint density at radius 1 is 1.28 bits per heavy atom. The molecule has 2 aromatic rings. The molecule has 0 aliphatic carbocycles. The largest absolute Gasteiger partial charge is 0.497 e. The van der Waals surface area contributed by atoms with Crippen LogP contribution in [0, 0.1) is 0 Å². The van der Waals surface area contributed by atoms with Crippen LogP contribution >= 0.6 is 0 Å². The predicted octanol–water partition coefficient (Wildman–Crippen LogP) is 1.53. The van der Waals surface area contributed by atoms with E-state index >= 15 is 0 Å². The summed E-state index contributed by atoms with van der Waals surface area (Å²) >= 11 is 0. The van der Waals surface area contributed by atoms with Gasteiger partial charge in [0.2, 0.25) is 0 Å². The Morgan fingerprint density at radius 2 is 2.11 bits per heavy atom. The van der Waals surface area contributed by atoms with Gasteiger partial charge in [0, 0.05) is 23.9 Å². The van der Waals surface area contributed by atoms with Gasteiger partial charge in [0.1, 0.15) is 11.5 Å². The second-order valence-corrected chi connectivity index (χ2v) is 3.85. The molecule has 18 heavy (non-hydrogen) atoms. The number of methoxy groups -OCH3 is 2. The summed E-state index contributed by atoms with van der Waals surface area (Å²) < 4.78 is 12.4. The van der Waals surface area contributed by atoms with Gasteiger partial charge in [0.05, 0.1) is 27.0 Å². The van der Waals surface area contributed by atoms with Crippen LogP contribution in [-0.2, 0) is 6.54 Å². The molecule has 1 aromatic carbocycles. The van der Waals surface area contributed by atoms with Gasteiger partial charge in [0.15, 0.2) is 0 Å². The highest BCUT2D eigenvalue weighted by Crippen LogP contribution is 2.32. The van der Waals surface area contributed by atoms with Crippen LogP contribution in [-0.4, -0.2) is 30.5 Å². The predicted molar refractivity (Wildman–Crippen MR) is 69.8 cm³/mol. The van der Waals surface area contributed by atoms with Crippen molar-refractivity contribution in [2.24, 2.45) is 5.73 Å². The number of aromatic nitrogens is 2. The molecule has 2 N–H and O–H groups in total. The summed E-state index contributed by atoms with van der Waals surface area (Å²) in [6, 6.07) is 5.68. The summed E-state index contributed by atoms with van der Waals surface area (Å²) in [6.45, 7) is 1.27. The highest BCUT2D eigenvalue weighted by atomic mass is 16.5. The van der Waals surface area contributed by atoms with E-state index in [0.717, 1.165) is 22.6 Å². The first-order chi connectivity index (χ1) is 8.78. The highest BCUT2D eigenvalue weighted by Gasteiger charge is 2.09. The summed E-state index contributed by atoms with van der Waals surface area (Å²) in [7, 11) is 3.29. The number of nitrogens with zero attached hydrogens (tertiary/aromatic N) is 2. The third-order valence-corrected chi connectivity index (χ3v) is 2.71. The molecule has 0 saturated carbocycles. The van der Waals surface area contributed by atoms with Crippen molar-refractivity contribution in [1.29, 1.82) is 0 Å². The Balaban J connectivity index is 2.40. The molecule has 0 aliphatic rings. The van der Waals surface area contributed by atoms with Gasteiger partial charge >= 0.3 is 0 Å². The second-order valence-electron chi connectivity index (χ2n) is 3.85. The van der Waals surface area contributed by atoms with Crippen molar-refractivity contribution in [3.05, 3.63) is 30.6 Å². The van der Waals surface area contributed by atoms with Crippen molar-refractivity contribution in [1.82, 2.24) is 9.78 Å². The SMILES string of the molecule is COc1ccc(OC)c(-c2cnn(CCN)c2)c1. The van der Waals surface area contributed by atoms with Crippen molar-refractivity contribution >= 4 is 0 Å². The summed E-state index contributed by atoms with van der Waals surface area (Å²) in [6.07, 6.45) is 3.75. The van der Waals surface area contributed by atoms with Crippen molar-refractivity contribution in [3.8, 4) is 22.6 Å². The summed E-state index contributed by atoms with van der Waals surface area (Å²) in [4.78, 5) is 0. The Morgan fingerprint density at radius 3 is 2.78 bits per heavy atom. The van der Waals surface area contributed by atoms with Crippen LogP contribution in [0.2, 0.25) is 0 Å². The number of nitrogens with two attached hydrogens (primary N) is 1. The van der Waals surface area contributed by atoms with Gasteiger partial charge in [-0.15, -0.1) is 0 Å². The zero-order valence-corrected chi connectivity index (χ0v) is 10.6. The lowest BCUT2D eigenvalue weighted by molar-refractivity contribution is 0.404. The highest BCUT2D eigenvalue weighted by molar-refractivity contribution is 5.71. The van der Waals surface area contributed by atoms with Gasteiger partial charge in [-0.3, -0.25) is 4.68 Å². The molecule has 0 amide bonds. The smallest absolute Gasteiger partial charge is 0.127 e. The molecule has 0 saturated heterocycles. The summed E-state index contributed by atoms with van der Waals surface area (Å²) in [5.74, 6) is 1.58. The van der Waals surface area contributed by atoms with Gasteiger partial charge in [-0.1, -0.05) is 0 Å². The molecule has 1 aromatic heterocycles. The average Bonchev–Trinajstić information content (AvgIpc) is 2.87. The zero-order valence-electron chi connectivity index (χ0n) is 10.6. The van der Waals surface area contributed by atoms with Crippen LogP contribution in [0.15, 0.2) is 30.6 Å². The van der Waals surface area contributed by atoms with Gasteiger partial charge in [-0.2, -0.15) is 5.10 Å². The standard InChI is InChI=1S/C13H17N3O2/c1-17-11-3-4-13(18-2)12(7-11)10-8-15-16(9-10)6-5-14/h3-4,7-9H,5-6,14H2,1-2H3. The normalized spacial score (nSPS) is 10.4. The fourth-order valence-electron chi connectivity index (χ4n) is 1.80. The molecule has 0 radical (unpaired) electrons. The van der Waals surface area contributed by atoms with E-state index in [9.17, 15) is 0 Å². The maximum atomic E-state index is 5.50. The maximum absolute atomic E-state index is 5.50. The van der Waals surface area contributed by atoms with E-state index in [-0.39, 0.29) is 0 Å². The van der Waals surface area contributed by atoms with E-state index in [1.54, 1.807) is 20.4 Å². The molecule has 1 heterocycles. The first-order valence-electron chi connectivity index (χ1n) is 5.73. The van der Waals surface area contributed by atoms with E-state index in [0.29, 0.717) is 13.1 Å². The van der Waals surface area contributed by atoms with E-state index in [1.165, 1.54) is 0 Å². The molecule has 5 heteroatoms. The number of benzene rings is 1. The monoisotopic (exact) mass is 247 g/mol. The Kier molecular flexibility index (Phi) is 3.84. The van der Waals surface area contributed by atoms with Gasteiger partial charge in [0.25, 0.3) is 0 Å². The fourth-order valence-corrected chi connectivity index (χ4v) is 1.80. The minimum atomic E-state index is 0.566. The van der Waals surface area contributed by atoms with E-state index in [4.69, 9.17) is 15.2 Å². The van der Waals surface area contributed by atoms with Crippen molar-refractivity contribution in [2.45, 2.75) is 6.54 Å². The van der Waals surface area contributed by atoms with E-state index in [2.05, 4.69) is 5.10 Å². The Labute approximate surface area is 106 Å². The summed E-state index contributed by atoms with van der Waals surface area (Å²) in [5, 5.41) is 4.25. The topological polar surface area (TPSA) is 62.3 Å². The molecule has 0 bridgehead atoms. The third kappa shape index (κ3) is 2.46. The van der Waals surface area contributed by atoms with Crippen molar-refractivity contribution in [2.75, 3.05) is 20.8 Å². The first kappa shape index (κ1) is 12.4. The number of hydrogen-bond donors (Lipinski definition) is 1. The second kappa shape index (κ2) is 5.55. The minimum Gasteiger partial charge on any atom is -0.497 e. The van der Waals surface area contributed by atoms with Crippen LogP contribution in [0.3, 0.4) is 0 Å². The first-order valence-corrected chi connectivity index (χ1v) is 5.73. The van der Waals surface area contributed by atoms with E-state index < -0.39 is 0 Å². The molecular formula is C13H17N3O2. The van der Waals surface area contributed by atoms with Crippen LogP contribution in [0.4, 0.5) is 0 Å². The quantitative estimate of drug-likeness (QED) is 0.870. The van der Waals surface area contributed by atoms with Gasteiger partial charge in [-0.05, 0) is 18.2 Å². The number of rotatable bonds is 5. The Hall–Kier alpha value is -2.01. The third-order valence-electron chi connectivity index (χ3n) is 2.71. The van der Waals surface area contributed by atoms with Crippen LogP contribution in [0.5, 0.6) is 11.5 Å². The van der Waals surface area contributed by atoms with Crippen molar-refractivity contribution in [3.63, 3.8) is 0 Å². The fraction of sp³-hybridized carbons (Fsp3) is 0.308. The lowest BCUT2D eigenvalue weighted by Gasteiger charge is -2.08. The maximum Gasteiger partial charge on any atom is 0.127 e. The number of ether oxygens (including phenoxy) is 2. The molecule has 5 nitrogen and oxygen atoms in total. The van der Waals surface area contributed by atoms with E-state index in [1.807, 2.05) is 29.1 Å². The molecule has 0 atom stereocenters. The van der Waals surface area contributed by atoms with Gasteiger partial charge < -0.3 is 15.2 Å². The molecular weight excluding hydrogens is 230 g/mol. The molecule has 2 rings (SSSR count). The molecule has 96 valence electrons. The van der Waals surface area contributed by atoms with Crippen LogP contribution in [0.1, 0.15) is 0 Å². The Bertz CT molecular complexity index is 523. The molecule has 0 spiro atoms. The van der Waals surface area contributed by atoms with Crippen LogP contribution in [0.25, 0.3) is 11.1 Å². The average molecular weight is 247 g/mol. The summed E-state index contributed by atoms with van der Waals surface area (Å²) in [5.41, 5.74) is 7.45. The number of hydrogen-bond acceptors (Lipinski definition) is 4. The minimum absolute atomic E-state index is 0.566. The lowest BCUT2D eigenvalue weighted by atomic mass is 10.1.